The first kappa shape index (κ1) is 13.5. The van der Waals surface area contributed by atoms with Crippen LogP contribution >= 0.6 is 0 Å². The van der Waals surface area contributed by atoms with Crippen LogP contribution in [0.1, 0.15) is 27.2 Å². The van der Waals surface area contributed by atoms with Crippen LogP contribution in [0.3, 0.4) is 0 Å². The Morgan fingerprint density at radius 1 is 1.24 bits per heavy atom. The molecular formula is C11H21N5O. The fourth-order valence-corrected chi connectivity index (χ4v) is 1.65. The molecule has 6 nitrogen and oxygen atoms in total. The molecule has 0 fully saturated rings. The van der Waals surface area contributed by atoms with E-state index < -0.39 is 0 Å². The van der Waals surface area contributed by atoms with Gasteiger partial charge in [0.2, 0.25) is 11.9 Å². The van der Waals surface area contributed by atoms with Crippen LogP contribution in [-0.4, -0.2) is 35.2 Å². The molecule has 0 saturated heterocycles. The number of ether oxygens (including phenoxy) is 1. The summed E-state index contributed by atoms with van der Waals surface area (Å²) in [5, 5.41) is 0. The van der Waals surface area contributed by atoms with Crippen LogP contribution in [0, 0.1) is 5.92 Å². The molecule has 1 atom stereocenters. The van der Waals surface area contributed by atoms with Gasteiger partial charge in [0.05, 0.1) is 7.11 Å². The van der Waals surface area contributed by atoms with Crippen molar-refractivity contribution in [3.63, 3.8) is 0 Å². The van der Waals surface area contributed by atoms with Gasteiger partial charge < -0.3 is 15.4 Å². The standard InChI is InChI=1S/C11H21N5O/c1-7(2)6-8(3)16(4)10-13-9(12)14-11(15-10)17-5/h7-8H,6H2,1-5H3,(H2,12,13,14,15). The molecule has 1 heterocycles. The highest BCUT2D eigenvalue weighted by atomic mass is 16.5. The highest BCUT2D eigenvalue weighted by Crippen LogP contribution is 2.17. The largest absolute Gasteiger partial charge is 0.467 e. The average molecular weight is 239 g/mol. The van der Waals surface area contributed by atoms with Gasteiger partial charge in [-0.3, -0.25) is 0 Å². The first-order chi connectivity index (χ1) is 7.93. The van der Waals surface area contributed by atoms with Crippen LogP contribution < -0.4 is 15.4 Å². The average Bonchev–Trinajstić information content (AvgIpc) is 2.26. The Bertz CT molecular complexity index is 369. The minimum Gasteiger partial charge on any atom is -0.467 e. The van der Waals surface area contributed by atoms with E-state index in [1.807, 2.05) is 11.9 Å². The van der Waals surface area contributed by atoms with Gasteiger partial charge >= 0.3 is 6.01 Å². The lowest BCUT2D eigenvalue weighted by atomic mass is 10.0. The van der Waals surface area contributed by atoms with Crippen molar-refractivity contribution in [1.82, 2.24) is 15.0 Å². The van der Waals surface area contributed by atoms with Crippen molar-refractivity contribution < 1.29 is 4.74 Å². The number of methoxy groups -OCH3 is 1. The highest BCUT2D eigenvalue weighted by Gasteiger charge is 2.16. The molecule has 1 aromatic heterocycles. The molecule has 1 unspecified atom stereocenters. The van der Waals surface area contributed by atoms with Crippen LogP contribution in [0.25, 0.3) is 0 Å². The molecule has 0 aliphatic rings. The van der Waals surface area contributed by atoms with E-state index in [9.17, 15) is 0 Å². The second kappa shape index (κ2) is 5.65. The van der Waals surface area contributed by atoms with E-state index >= 15 is 0 Å². The number of hydrogen-bond acceptors (Lipinski definition) is 6. The summed E-state index contributed by atoms with van der Waals surface area (Å²) in [5.74, 6) is 1.34. The lowest BCUT2D eigenvalue weighted by Crippen LogP contribution is -2.32. The van der Waals surface area contributed by atoms with E-state index in [0.717, 1.165) is 6.42 Å². The third-order valence-corrected chi connectivity index (χ3v) is 2.59. The Hall–Kier alpha value is -1.59. The van der Waals surface area contributed by atoms with Crippen LogP contribution in [0.4, 0.5) is 11.9 Å². The quantitative estimate of drug-likeness (QED) is 0.835. The highest BCUT2D eigenvalue weighted by molar-refractivity contribution is 5.35. The van der Waals surface area contributed by atoms with Gasteiger partial charge in [0.25, 0.3) is 0 Å². The van der Waals surface area contributed by atoms with Crippen LogP contribution in [0.5, 0.6) is 6.01 Å². The van der Waals surface area contributed by atoms with E-state index in [1.165, 1.54) is 7.11 Å². The zero-order chi connectivity index (χ0) is 13.0. The number of nitrogens with two attached hydrogens (primary N) is 1. The maximum Gasteiger partial charge on any atom is 0.322 e. The van der Waals surface area contributed by atoms with Crippen molar-refractivity contribution in [3.05, 3.63) is 0 Å². The van der Waals surface area contributed by atoms with Crippen molar-refractivity contribution in [2.45, 2.75) is 33.2 Å². The van der Waals surface area contributed by atoms with Crippen LogP contribution in [0.15, 0.2) is 0 Å². The smallest absolute Gasteiger partial charge is 0.322 e. The summed E-state index contributed by atoms with van der Waals surface area (Å²) in [5.41, 5.74) is 5.61. The van der Waals surface area contributed by atoms with Gasteiger partial charge in [-0.2, -0.15) is 15.0 Å². The normalized spacial score (nSPS) is 12.6. The maximum atomic E-state index is 5.61. The second-order valence-electron chi connectivity index (χ2n) is 4.57. The molecule has 0 aliphatic carbocycles. The Morgan fingerprint density at radius 3 is 2.41 bits per heavy atom. The van der Waals surface area contributed by atoms with Gasteiger partial charge in [0.1, 0.15) is 0 Å². The van der Waals surface area contributed by atoms with Crippen LogP contribution in [0.2, 0.25) is 0 Å². The molecule has 1 aromatic rings. The van der Waals surface area contributed by atoms with E-state index in [0.29, 0.717) is 17.9 Å². The van der Waals surface area contributed by atoms with Crippen molar-refractivity contribution in [3.8, 4) is 6.01 Å². The zero-order valence-corrected chi connectivity index (χ0v) is 11.1. The van der Waals surface area contributed by atoms with Crippen molar-refractivity contribution in [1.29, 1.82) is 0 Å². The van der Waals surface area contributed by atoms with E-state index in [-0.39, 0.29) is 12.0 Å². The summed E-state index contributed by atoms with van der Waals surface area (Å²) < 4.78 is 4.98. The van der Waals surface area contributed by atoms with E-state index in [4.69, 9.17) is 10.5 Å². The number of hydrogen-bond donors (Lipinski definition) is 1. The number of nitrogen functional groups attached to an aromatic ring is 1. The number of aromatic nitrogens is 3. The summed E-state index contributed by atoms with van der Waals surface area (Å²) in [6.45, 7) is 6.51. The molecule has 0 saturated carbocycles. The Morgan fingerprint density at radius 2 is 1.88 bits per heavy atom. The third kappa shape index (κ3) is 3.72. The molecule has 0 aliphatic heterocycles. The van der Waals surface area contributed by atoms with E-state index in [1.54, 1.807) is 0 Å². The fourth-order valence-electron chi connectivity index (χ4n) is 1.65. The van der Waals surface area contributed by atoms with Gasteiger partial charge in [-0.1, -0.05) is 13.8 Å². The monoisotopic (exact) mass is 239 g/mol. The summed E-state index contributed by atoms with van der Waals surface area (Å²) in [7, 11) is 3.46. The molecule has 1 rings (SSSR count). The Balaban J connectivity index is 2.87. The minimum atomic E-state index is 0.176. The van der Waals surface area contributed by atoms with E-state index in [2.05, 4.69) is 35.7 Å². The van der Waals surface area contributed by atoms with Gasteiger partial charge in [-0.15, -0.1) is 0 Å². The molecule has 17 heavy (non-hydrogen) atoms. The second-order valence-corrected chi connectivity index (χ2v) is 4.57. The van der Waals surface area contributed by atoms with Crippen LogP contribution in [-0.2, 0) is 0 Å². The molecule has 0 bridgehead atoms. The Labute approximate surface area is 102 Å². The molecule has 0 radical (unpaired) electrons. The summed E-state index contributed by atoms with van der Waals surface area (Å²) in [6, 6.07) is 0.581. The van der Waals surface area contributed by atoms with Crippen molar-refractivity contribution >= 4 is 11.9 Å². The molecule has 0 amide bonds. The van der Waals surface area contributed by atoms with Gasteiger partial charge in [-0.05, 0) is 19.3 Å². The summed E-state index contributed by atoms with van der Waals surface area (Å²) in [6.07, 6.45) is 1.06. The lowest BCUT2D eigenvalue weighted by molar-refractivity contribution is 0.378. The number of rotatable bonds is 5. The summed E-state index contributed by atoms with van der Waals surface area (Å²) >= 11 is 0. The predicted molar refractivity (Wildman–Crippen MR) is 68.1 cm³/mol. The number of anilines is 2. The zero-order valence-electron chi connectivity index (χ0n) is 11.1. The first-order valence-corrected chi connectivity index (χ1v) is 5.72. The molecular weight excluding hydrogens is 218 g/mol. The van der Waals surface area contributed by atoms with Crippen molar-refractivity contribution in [2.24, 2.45) is 5.92 Å². The molecule has 2 N–H and O–H groups in total. The Kier molecular flexibility index (Phi) is 4.48. The minimum absolute atomic E-state index is 0.176. The predicted octanol–water partition coefficient (Wildman–Crippen LogP) is 1.33. The summed E-state index contributed by atoms with van der Waals surface area (Å²) in [4.78, 5) is 14.1. The maximum absolute atomic E-state index is 5.61. The lowest BCUT2D eigenvalue weighted by Gasteiger charge is -2.26. The van der Waals surface area contributed by atoms with Gasteiger partial charge in [0, 0.05) is 13.1 Å². The fraction of sp³-hybridized carbons (Fsp3) is 0.727. The molecule has 0 spiro atoms. The molecule has 96 valence electrons. The SMILES string of the molecule is COc1nc(N)nc(N(C)C(C)CC(C)C)n1. The molecule has 0 aromatic carbocycles. The molecule has 6 heteroatoms. The number of nitrogens with zero attached hydrogens (tertiary/aromatic N) is 4. The van der Waals surface area contributed by atoms with Crippen molar-refractivity contribution in [2.75, 3.05) is 24.8 Å². The first-order valence-electron chi connectivity index (χ1n) is 5.72. The topological polar surface area (TPSA) is 77.2 Å². The van der Waals surface area contributed by atoms with Gasteiger partial charge in [0.15, 0.2) is 0 Å². The third-order valence-electron chi connectivity index (χ3n) is 2.59. The van der Waals surface area contributed by atoms with Gasteiger partial charge in [-0.25, -0.2) is 0 Å².